The first-order chi connectivity index (χ1) is 8.04. The van der Waals surface area contributed by atoms with Gasteiger partial charge in [0.2, 0.25) is 0 Å². The first-order valence-electron chi connectivity index (χ1n) is 5.47. The summed E-state index contributed by atoms with van der Waals surface area (Å²) < 4.78 is 10.1. The number of esters is 1. The van der Waals surface area contributed by atoms with Crippen LogP contribution in [0.5, 0.6) is 5.75 Å². The van der Waals surface area contributed by atoms with Crippen molar-refractivity contribution in [3.8, 4) is 5.75 Å². The number of carbonyl (C=O) groups is 1. The lowest BCUT2D eigenvalue weighted by atomic mass is 9.94. The molecule has 0 radical (unpaired) electrons. The zero-order valence-corrected chi connectivity index (χ0v) is 11.3. The zero-order chi connectivity index (χ0) is 13.0. The Morgan fingerprint density at radius 3 is 2.53 bits per heavy atom. The Balaban J connectivity index is 3.27. The number of hydrogen-bond acceptors (Lipinski definition) is 3. The molecule has 0 saturated heterocycles. The summed E-state index contributed by atoms with van der Waals surface area (Å²) in [6.07, 6.45) is 0.641. The van der Waals surface area contributed by atoms with Crippen LogP contribution in [0.2, 0.25) is 5.02 Å². The Morgan fingerprint density at radius 1 is 1.41 bits per heavy atom. The number of aryl methyl sites for hydroxylation is 1. The Kier molecular flexibility index (Phi) is 4.82. The molecule has 0 bridgehead atoms. The van der Waals surface area contributed by atoms with Gasteiger partial charge in [-0.15, -0.1) is 0 Å². The molecule has 1 unspecified atom stereocenters. The van der Waals surface area contributed by atoms with Crippen LogP contribution in [0, 0.1) is 6.92 Å². The molecule has 0 aliphatic heterocycles. The first kappa shape index (κ1) is 13.8. The number of rotatable bonds is 4. The summed E-state index contributed by atoms with van der Waals surface area (Å²) in [5.41, 5.74) is 1.70. The maximum absolute atomic E-state index is 11.7. The molecule has 94 valence electrons. The van der Waals surface area contributed by atoms with Crippen LogP contribution >= 0.6 is 11.6 Å². The van der Waals surface area contributed by atoms with E-state index in [9.17, 15) is 4.79 Å². The number of hydrogen-bond donors (Lipinski definition) is 0. The van der Waals surface area contributed by atoms with Crippen LogP contribution in [0.15, 0.2) is 12.1 Å². The highest BCUT2D eigenvalue weighted by Crippen LogP contribution is 2.34. The molecule has 0 fully saturated rings. The molecule has 0 spiro atoms. The summed E-state index contributed by atoms with van der Waals surface area (Å²) in [5.74, 6) is 0.0583. The molecular formula is C13H17ClO3. The van der Waals surface area contributed by atoms with Crippen molar-refractivity contribution in [2.24, 2.45) is 0 Å². The predicted molar refractivity (Wildman–Crippen MR) is 67.8 cm³/mol. The van der Waals surface area contributed by atoms with Gasteiger partial charge >= 0.3 is 5.97 Å². The number of ether oxygens (including phenoxy) is 2. The van der Waals surface area contributed by atoms with Crippen molar-refractivity contribution in [2.75, 3.05) is 14.2 Å². The topological polar surface area (TPSA) is 35.5 Å². The van der Waals surface area contributed by atoms with Gasteiger partial charge in [0.25, 0.3) is 0 Å². The molecule has 3 nitrogen and oxygen atoms in total. The van der Waals surface area contributed by atoms with Crippen LogP contribution in [-0.4, -0.2) is 20.2 Å². The lowest BCUT2D eigenvalue weighted by Gasteiger charge is -2.17. The van der Waals surface area contributed by atoms with Crippen LogP contribution in [0.1, 0.15) is 30.4 Å². The minimum atomic E-state index is -0.340. The average molecular weight is 257 g/mol. The predicted octanol–water partition coefficient (Wildman–Crippen LogP) is 3.32. The van der Waals surface area contributed by atoms with E-state index < -0.39 is 0 Å². The van der Waals surface area contributed by atoms with Crippen LogP contribution in [0.3, 0.4) is 0 Å². The molecule has 1 aromatic rings. The fourth-order valence-corrected chi connectivity index (χ4v) is 1.95. The normalized spacial score (nSPS) is 12.1. The highest BCUT2D eigenvalue weighted by molar-refractivity contribution is 6.31. The SMILES string of the molecule is CCC(C(=O)OC)c1cc(Cl)c(C)cc1OC. The minimum Gasteiger partial charge on any atom is -0.496 e. The van der Waals surface area contributed by atoms with Crippen molar-refractivity contribution < 1.29 is 14.3 Å². The second-order valence-electron chi connectivity index (χ2n) is 3.83. The number of benzene rings is 1. The van der Waals surface area contributed by atoms with Gasteiger partial charge in [0, 0.05) is 10.6 Å². The van der Waals surface area contributed by atoms with Gasteiger partial charge < -0.3 is 9.47 Å². The second-order valence-corrected chi connectivity index (χ2v) is 4.23. The van der Waals surface area contributed by atoms with Gasteiger partial charge in [0.15, 0.2) is 0 Å². The molecule has 0 aromatic heterocycles. The van der Waals surface area contributed by atoms with Gasteiger partial charge in [-0.3, -0.25) is 4.79 Å². The number of methoxy groups -OCH3 is 2. The van der Waals surface area contributed by atoms with Crippen molar-refractivity contribution in [1.82, 2.24) is 0 Å². The first-order valence-corrected chi connectivity index (χ1v) is 5.84. The number of carbonyl (C=O) groups excluding carboxylic acids is 1. The van der Waals surface area contributed by atoms with Crippen LogP contribution in [-0.2, 0) is 9.53 Å². The van der Waals surface area contributed by atoms with Crippen molar-refractivity contribution in [3.05, 3.63) is 28.3 Å². The van der Waals surface area contributed by atoms with Crippen molar-refractivity contribution in [2.45, 2.75) is 26.2 Å². The maximum atomic E-state index is 11.7. The third kappa shape index (κ3) is 2.91. The molecule has 0 N–H and O–H groups in total. The smallest absolute Gasteiger partial charge is 0.313 e. The van der Waals surface area contributed by atoms with Crippen LogP contribution in [0.25, 0.3) is 0 Å². The van der Waals surface area contributed by atoms with Crippen LogP contribution < -0.4 is 4.74 Å². The van der Waals surface area contributed by atoms with Gasteiger partial charge in [-0.05, 0) is 31.0 Å². The summed E-state index contributed by atoms with van der Waals surface area (Å²) in [6.45, 7) is 3.82. The summed E-state index contributed by atoms with van der Waals surface area (Å²) in [5, 5.41) is 0.628. The second kappa shape index (κ2) is 5.92. The number of halogens is 1. The Labute approximate surface area is 107 Å². The van der Waals surface area contributed by atoms with Gasteiger partial charge in [-0.25, -0.2) is 0 Å². The van der Waals surface area contributed by atoms with Gasteiger partial charge in [0.05, 0.1) is 20.1 Å². The molecular weight excluding hydrogens is 240 g/mol. The monoisotopic (exact) mass is 256 g/mol. The van der Waals surface area contributed by atoms with Crippen LogP contribution in [0.4, 0.5) is 0 Å². The van der Waals surface area contributed by atoms with E-state index in [4.69, 9.17) is 21.1 Å². The van der Waals surface area contributed by atoms with E-state index in [0.29, 0.717) is 17.2 Å². The van der Waals surface area contributed by atoms with Gasteiger partial charge in [-0.1, -0.05) is 18.5 Å². The van der Waals surface area contributed by atoms with Crippen molar-refractivity contribution in [3.63, 3.8) is 0 Å². The molecule has 0 heterocycles. The Bertz CT molecular complexity index is 415. The summed E-state index contributed by atoms with van der Waals surface area (Å²) in [6, 6.07) is 3.62. The summed E-state index contributed by atoms with van der Waals surface area (Å²) in [7, 11) is 2.96. The molecule has 1 atom stereocenters. The van der Waals surface area contributed by atoms with E-state index in [0.717, 1.165) is 11.1 Å². The van der Waals surface area contributed by atoms with Gasteiger partial charge in [-0.2, -0.15) is 0 Å². The lowest BCUT2D eigenvalue weighted by molar-refractivity contribution is -0.142. The standard InChI is InChI=1S/C13H17ClO3/c1-5-9(13(15)17-4)10-7-11(14)8(2)6-12(10)16-3/h6-7,9H,5H2,1-4H3. The molecule has 0 aliphatic rings. The molecule has 17 heavy (non-hydrogen) atoms. The van der Waals surface area contributed by atoms with Crippen molar-refractivity contribution in [1.29, 1.82) is 0 Å². The minimum absolute atomic E-state index is 0.272. The highest BCUT2D eigenvalue weighted by atomic mass is 35.5. The fourth-order valence-electron chi connectivity index (χ4n) is 1.78. The fraction of sp³-hybridized carbons (Fsp3) is 0.462. The van der Waals surface area contributed by atoms with Crippen molar-refractivity contribution >= 4 is 17.6 Å². The van der Waals surface area contributed by atoms with E-state index in [1.807, 2.05) is 19.9 Å². The van der Waals surface area contributed by atoms with E-state index >= 15 is 0 Å². The quantitative estimate of drug-likeness (QED) is 0.776. The largest absolute Gasteiger partial charge is 0.496 e. The molecule has 0 saturated carbocycles. The van der Waals surface area contributed by atoms with E-state index in [-0.39, 0.29) is 11.9 Å². The van der Waals surface area contributed by atoms with E-state index in [1.54, 1.807) is 13.2 Å². The van der Waals surface area contributed by atoms with E-state index in [2.05, 4.69) is 0 Å². The maximum Gasteiger partial charge on any atom is 0.313 e. The van der Waals surface area contributed by atoms with E-state index in [1.165, 1.54) is 7.11 Å². The Morgan fingerprint density at radius 2 is 2.06 bits per heavy atom. The summed E-state index contributed by atoms with van der Waals surface area (Å²) in [4.78, 5) is 11.7. The molecule has 1 aromatic carbocycles. The summed E-state index contributed by atoms with van der Waals surface area (Å²) >= 11 is 6.08. The van der Waals surface area contributed by atoms with Gasteiger partial charge in [0.1, 0.15) is 5.75 Å². The third-order valence-electron chi connectivity index (χ3n) is 2.78. The highest BCUT2D eigenvalue weighted by Gasteiger charge is 2.23. The molecule has 0 amide bonds. The molecule has 1 rings (SSSR count). The third-order valence-corrected chi connectivity index (χ3v) is 3.19. The molecule has 4 heteroatoms. The zero-order valence-electron chi connectivity index (χ0n) is 10.5. The average Bonchev–Trinajstić information content (AvgIpc) is 2.33. The molecule has 0 aliphatic carbocycles. The Hall–Kier alpha value is -1.22. The lowest BCUT2D eigenvalue weighted by Crippen LogP contribution is -2.14.